The largest absolute Gasteiger partial charge is 0.463 e. The third-order valence-electron chi connectivity index (χ3n) is 6.04. The second-order valence-corrected chi connectivity index (χ2v) is 10.7. The van der Waals surface area contributed by atoms with Crippen molar-refractivity contribution in [3.63, 3.8) is 0 Å². The van der Waals surface area contributed by atoms with E-state index in [2.05, 4.69) is 0 Å². The monoisotopic (exact) mass is 545 g/mol. The van der Waals surface area contributed by atoms with Crippen LogP contribution in [0.5, 0.6) is 0 Å². The van der Waals surface area contributed by atoms with E-state index < -0.39 is 71.6 Å². The van der Waals surface area contributed by atoms with E-state index in [0.717, 1.165) is 20.8 Å². The van der Waals surface area contributed by atoms with Crippen LogP contribution in [0.2, 0.25) is 0 Å². The summed E-state index contributed by atoms with van der Waals surface area (Å²) >= 11 is 0. The first-order chi connectivity index (χ1) is 17.4. The molecule has 13 heteroatoms. The van der Waals surface area contributed by atoms with Gasteiger partial charge in [0.2, 0.25) is 6.29 Å². The minimum atomic E-state index is -1.36. The molecule has 38 heavy (non-hydrogen) atoms. The summed E-state index contributed by atoms with van der Waals surface area (Å²) in [6, 6.07) is 0. The van der Waals surface area contributed by atoms with Crippen LogP contribution < -0.4 is 0 Å². The molecule has 5 atom stereocenters. The lowest BCUT2D eigenvalue weighted by molar-refractivity contribution is -0.405. The number of ether oxygens (including phenoxy) is 6. The zero-order chi connectivity index (χ0) is 29.0. The van der Waals surface area contributed by atoms with Gasteiger partial charge in [-0.2, -0.15) is 5.06 Å². The zero-order valence-electron chi connectivity index (χ0n) is 23.4. The maximum Gasteiger partial charge on any atom is 0.303 e. The van der Waals surface area contributed by atoms with Gasteiger partial charge in [-0.15, -0.1) is 0 Å². The summed E-state index contributed by atoms with van der Waals surface area (Å²) in [7, 11) is 0. The maximum absolute atomic E-state index is 12.1. The third-order valence-corrected chi connectivity index (χ3v) is 6.04. The van der Waals surface area contributed by atoms with Gasteiger partial charge >= 0.3 is 29.8 Å². The van der Waals surface area contributed by atoms with Gasteiger partial charge in [0.1, 0.15) is 18.8 Å². The Labute approximate surface area is 222 Å². The Hall–Kier alpha value is -2.77. The highest BCUT2D eigenvalue weighted by Crippen LogP contribution is 2.42. The number of piperidine rings is 1. The topological polar surface area (TPSA) is 153 Å². The third kappa shape index (κ3) is 8.37. The first kappa shape index (κ1) is 31.4. The predicted octanol–water partition coefficient (Wildman–Crippen LogP) is 1.59. The maximum atomic E-state index is 12.1. The molecule has 0 aromatic heterocycles. The van der Waals surface area contributed by atoms with Crippen LogP contribution in [0.15, 0.2) is 0 Å². The lowest BCUT2D eigenvalue weighted by Crippen LogP contribution is -2.68. The number of hydroxylamine groups is 2. The zero-order valence-corrected chi connectivity index (χ0v) is 23.4. The molecule has 13 nitrogen and oxygen atoms in total. The van der Waals surface area contributed by atoms with Gasteiger partial charge < -0.3 is 28.4 Å². The predicted molar refractivity (Wildman–Crippen MR) is 128 cm³/mol. The van der Waals surface area contributed by atoms with Crippen LogP contribution in [0, 0.1) is 0 Å². The van der Waals surface area contributed by atoms with E-state index in [0.29, 0.717) is 12.8 Å². The molecule has 0 N–H and O–H groups in total. The first-order valence-corrected chi connectivity index (χ1v) is 12.4. The van der Waals surface area contributed by atoms with Gasteiger partial charge in [0.25, 0.3) is 0 Å². The van der Waals surface area contributed by atoms with Crippen LogP contribution in [0.25, 0.3) is 0 Å². The van der Waals surface area contributed by atoms with Gasteiger partial charge in [-0.1, -0.05) is 0 Å². The Balaban J connectivity index is 2.50. The molecule has 2 saturated heterocycles. The molecule has 0 amide bonds. The van der Waals surface area contributed by atoms with Crippen molar-refractivity contribution in [3.05, 3.63) is 0 Å². The Bertz CT molecular complexity index is 898. The number of carbonyl (C=O) groups is 5. The molecular weight excluding hydrogens is 506 g/mol. The number of esters is 5. The Kier molecular flexibility index (Phi) is 10.3. The van der Waals surface area contributed by atoms with Crippen molar-refractivity contribution in [1.29, 1.82) is 0 Å². The summed E-state index contributed by atoms with van der Waals surface area (Å²) in [6.45, 7) is 13.2. The van der Waals surface area contributed by atoms with E-state index >= 15 is 0 Å². The molecule has 0 bridgehead atoms. The molecule has 2 fully saturated rings. The Morgan fingerprint density at radius 2 is 1.13 bits per heavy atom. The standard InChI is InChI=1S/C25H39NO12/c1-13(27)32-12-19-20(34-15(3)29)21(35-16(4)30)22(36-17(5)31)23(37-19)38-26-24(6,7)10-18(33-14(2)28)11-25(26,8)9/h18-23H,10-12H2,1-9H3/t19-,20-,21+,22-,23+/m1/s1. The first-order valence-electron chi connectivity index (χ1n) is 12.4. The van der Waals surface area contributed by atoms with Gasteiger partial charge in [-0.3, -0.25) is 28.8 Å². The second kappa shape index (κ2) is 12.4. The van der Waals surface area contributed by atoms with E-state index in [4.69, 9.17) is 33.3 Å². The number of carbonyl (C=O) groups excluding carboxylic acids is 5. The molecule has 2 rings (SSSR count). The molecule has 0 aromatic carbocycles. The average molecular weight is 546 g/mol. The van der Waals surface area contributed by atoms with Crippen molar-refractivity contribution < 1.29 is 57.2 Å². The van der Waals surface area contributed by atoms with Crippen LogP contribution in [-0.2, 0) is 57.2 Å². The minimum Gasteiger partial charge on any atom is -0.463 e. The molecule has 0 radical (unpaired) electrons. The summed E-state index contributed by atoms with van der Waals surface area (Å²) in [5.41, 5.74) is -1.41. The fraction of sp³-hybridized carbons (Fsp3) is 0.800. The van der Waals surface area contributed by atoms with Crippen molar-refractivity contribution in [3.8, 4) is 0 Å². The van der Waals surface area contributed by atoms with Crippen molar-refractivity contribution in [2.75, 3.05) is 6.61 Å². The van der Waals surface area contributed by atoms with Crippen LogP contribution in [0.1, 0.15) is 75.2 Å². The molecule has 0 saturated carbocycles. The minimum absolute atomic E-state index is 0.362. The van der Waals surface area contributed by atoms with E-state index in [-0.39, 0.29) is 12.7 Å². The highest BCUT2D eigenvalue weighted by atomic mass is 16.8. The van der Waals surface area contributed by atoms with Crippen molar-refractivity contribution in [2.24, 2.45) is 0 Å². The van der Waals surface area contributed by atoms with Crippen LogP contribution in [0.3, 0.4) is 0 Å². The normalized spacial score (nSPS) is 29.0. The summed E-state index contributed by atoms with van der Waals surface area (Å²) < 4.78 is 33.0. The highest BCUT2D eigenvalue weighted by Gasteiger charge is 2.56. The van der Waals surface area contributed by atoms with Gasteiger partial charge in [0, 0.05) is 58.5 Å². The number of hydrogen-bond acceptors (Lipinski definition) is 13. The summed E-state index contributed by atoms with van der Waals surface area (Å²) in [5.74, 6) is -3.20. The van der Waals surface area contributed by atoms with E-state index in [1.165, 1.54) is 13.8 Å². The SMILES string of the molecule is CC(=O)OC[C@H]1O[C@@H](ON2C(C)(C)CC(OC(C)=O)CC2(C)C)[C@H](OC(C)=O)[C@@H](OC(C)=O)[C@@H]1OC(C)=O. The van der Waals surface area contributed by atoms with Crippen molar-refractivity contribution in [2.45, 2.75) is 123 Å². The molecule has 2 heterocycles. The smallest absolute Gasteiger partial charge is 0.303 e. The van der Waals surface area contributed by atoms with E-state index in [1.807, 2.05) is 27.7 Å². The molecule has 0 aliphatic carbocycles. The van der Waals surface area contributed by atoms with E-state index in [1.54, 1.807) is 5.06 Å². The average Bonchev–Trinajstić information content (AvgIpc) is 2.70. The second-order valence-electron chi connectivity index (χ2n) is 10.7. The van der Waals surface area contributed by atoms with Gasteiger partial charge in [0.05, 0.1) is 0 Å². The van der Waals surface area contributed by atoms with Crippen molar-refractivity contribution >= 4 is 29.8 Å². The lowest BCUT2D eigenvalue weighted by Gasteiger charge is -2.55. The Morgan fingerprint density at radius 1 is 0.684 bits per heavy atom. The van der Waals surface area contributed by atoms with Gasteiger partial charge in [-0.05, 0) is 27.7 Å². The summed E-state index contributed by atoms with van der Waals surface area (Å²) in [4.78, 5) is 65.6. The molecule has 216 valence electrons. The van der Waals surface area contributed by atoms with E-state index in [9.17, 15) is 24.0 Å². The quantitative estimate of drug-likeness (QED) is 0.321. The number of rotatable bonds is 8. The fourth-order valence-corrected chi connectivity index (χ4v) is 5.15. The summed E-state index contributed by atoms with van der Waals surface area (Å²) in [5, 5.41) is 1.67. The fourth-order valence-electron chi connectivity index (χ4n) is 5.15. The van der Waals surface area contributed by atoms with Crippen molar-refractivity contribution in [1.82, 2.24) is 5.06 Å². The van der Waals surface area contributed by atoms with Gasteiger partial charge in [0.15, 0.2) is 18.3 Å². The molecule has 0 unspecified atom stereocenters. The molecule has 2 aliphatic rings. The molecular formula is C25H39NO12. The lowest BCUT2D eigenvalue weighted by atomic mass is 9.80. The highest BCUT2D eigenvalue weighted by molar-refractivity contribution is 5.69. The van der Waals surface area contributed by atoms with Crippen LogP contribution >= 0.6 is 0 Å². The Morgan fingerprint density at radius 3 is 1.58 bits per heavy atom. The summed E-state index contributed by atoms with van der Waals surface area (Å²) in [6.07, 6.45) is -6.00. The van der Waals surface area contributed by atoms with Crippen LogP contribution in [-0.4, -0.2) is 89.4 Å². The van der Waals surface area contributed by atoms with Gasteiger partial charge in [-0.25, -0.2) is 0 Å². The molecule has 2 aliphatic heterocycles. The number of nitrogens with zero attached hydrogens (tertiary/aromatic N) is 1. The molecule has 0 aromatic rings. The molecule has 0 spiro atoms. The number of hydrogen-bond donors (Lipinski definition) is 0. The van der Waals surface area contributed by atoms with Crippen LogP contribution in [0.4, 0.5) is 0 Å².